The zero-order valence-corrected chi connectivity index (χ0v) is 23.9. The Bertz CT molecular complexity index is 2750. The number of nitrogens with zero attached hydrogens (tertiary/aromatic N) is 3. The molecule has 0 saturated heterocycles. The van der Waals surface area contributed by atoms with E-state index in [9.17, 15) is 0 Å². The lowest BCUT2D eigenvalue weighted by Crippen LogP contribution is -1.94. The molecule has 0 unspecified atom stereocenters. The molecule has 5 heteroatoms. The molecule has 0 aliphatic heterocycles. The van der Waals surface area contributed by atoms with Crippen LogP contribution < -0.4 is 0 Å². The van der Waals surface area contributed by atoms with Crippen LogP contribution >= 0.6 is 0 Å². The summed E-state index contributed by atoms with van der Waals surface area (Å²) >= 11 is 0. The van der Waals surface area contributed by atoms with Gasteiger partial charge in [-0.2, -0.15) is 4.98 Å². The van der Waals surface area contributed by atoms with Crippen LogP contribution in [0.5, 0.6) is 0 Å². The van der Waals surface area contributed by atoms with Crippen molar-refractivity contribution in [3.8, 4) is 28.3 Å². The fourth-order valence-electron chi connectivity index (χ4n) is 6.88. The fourth-order valence-corrected chi connectivity index (χ4v) is 6.88. The van der Waals surface area contributed by atoms with E-state index in [1.54, 1.807) is 0 Å². The van der Waals surface area contributed by atoms with Crippen molar-refractivity contribution < 1.29 is 8.83 Å². The predicted molar refractivity (Wildman–Crippen MR) is 182 cm³/mol. The van der Waals surface area contributed by atoms with E-state index >= 15 is 0 Å². The topological polar surface area (TPSA) is 57.0 Å². The first-order valence-corrected chi connectivity index (χ1v) is 15.0. The number of benzene rings is 6. The average Bonchev–Trinajstić information content (AvgIpc) is 3.78. The third-order valence-electron chi connectivity index (χ3n) is 8.84. The lowest BCUT2D eigenvalue weighted by atomic mass is 10.0. The van der Waals surface area contributed by atoms with E-state index in [4.69, 9.17) is 18.8 Å². The summed E-state index contributed by atoms with van der Waals surface area (Å²) in [6.45, 7) is 0. The molecule has 5 nitrogen and oxygen atoms in total. The monoisotopic (exact) mass is 577 g/mol. The maximum atomic E-state index is 6.99. The lowest BCUT2D eigenvalue weighted by Gasteiger charge is -2.07. The molecule has 0 saturated carbocycles. The lowest BCUT2D eigenvalue weighted by molar-refractivity contribution is 0.653. The molecule has 6 aromatic carbocycles. The van der Waals surface area contributed by atoms with E-state index < -0.39 is 0 Å². The SMILES string of the molecule is c1ccc(-c2nc(-c3cccc4c3oc3c4ccc4c3c3ccccc3n4-c3ccccc3)c3c(n2)oc2ccccc23)cc1. The highest BCUT2D eigenvalue weighted by atomic mass is 16.3. The third kappa shape index (κ3) is 3.43. The van der Waals surface area contributed by atoms with Crippen LogP contribution in [0.4, 0.5) is 0 Å². The second kappa shape index (κ2) is 9.15. The Labute approximate surface area is 256 Å². The molecule has 45 heavy (non-hydrogen) atoms. The van der Waals surface area contributed by atoms with E-state index in [1.807, 2.05) is 54.6 Å². The molecule has 210 valence electrons. The number of para-hydroxylation sites is 4. The van der Waals surface area contributed by atoms with Gasteiger partial charge in [0.15, 0.2) is 5.82 Å². The largest absolute Gasteiger partial charge is 0.455 e. The summed E-state index contributed by atoms with van der Waals surface area (Å²) < 4.78 is 15.6. The number of hydrogen-bond acceptors (Lipinski definition) is 4. The van der Waals surface area contributed by atoms with Crippen molar-refractivity contribution >= 4 is 65.8 Å². The standard InChI is InChI=1S/C40H23N3O2/c1-3-12-24(13-4-1)39-41-36(35-29-17-8-10-21-33(29)44-40(35)42-39)30-19-11-18-26-27-22-23-32-34(38(27)45-37(26)30)28-16-7-9-20-31(28)43(32)25-14-5-2-6-15-25/h1-23H. The van der Waals surface area contributed by atoms with Gasteiger partial charge in [-0.3, -0.25) is 0 Å². The molecule has 10 rings (SSSR count). The zero-order chi connectivity index (χ0) is 29.5. The van der Waals surface area contributed by atoms with E-state index in [1.165, 1.54) is 0 Å². The Hall–Kier alpha value is -6.20. The summed E-state index contributed by atoms with van der Waals surface area (Å²) in [6, 6.07) is 47.8. The van der Waals surface area contributed by atoms with Crippen molar-refractivity contribution in [2.45, 2.75) is 0 Å². The minimum Gasteiger partial charge on any atom is -0.455 e. The molecule has 0 radical (unpaired) electrons. The molecule has 10 aromatic rings. The van der Waals surface area contributed by atoms with Gasteiger partial charge in [-0.1, -0.05) is 97.1 Å². The fraction of sp³-hybridized carbons (Fsp3) is 0. The van der Waals surface area contributed by atoms with E-state index in [0.29, 0.717) is 11.5 Å². The molecule has 0 atom stereocenters. The van der Waals surface area contributed by atoms with Crippen LogP contribution in [0.15, 0.2) is 148 Å². The van der Waals surface area contributed by atoms with Crippen LogP contribution in [0.3, 0.4) is 0 Å². The van der Waals surface area contributed by atoms with Crippen molar-refractivity contribution in [3.05, 3.63) is 140 Å². The molecule has 0 aliphatic rings. The van der Waals surface area contributed by atoms with Crippen LogP contribution in [-0.2, 0) is 0 Å². The summed E-state index contributed by atoms with van der Waals surface area (Å²) in [5.74, 6) is 0.610. The van der Waals surface area contributed by atoms with Gasteiger partial charge in [0.2, 0.25) is 5.71 Å². The second-order valence-corrected chi connectivity index (χ2v) is 11.3. The molecule has 4 heterocycles. The molecule has 0 bridgehead atoms. The summed E-state index contributed by atoms with van der Waals surface area (Å²) in [5, 5.41) is 6.22. The Morgan fingerprint density at radius 3 is 2.04 bits per heavy atom. The smallest absolute Gasteiger partial charge is 0.231 e. The number of hydrogen-bond donors (Lipinski definition) is 0. The van der Waals surface area contributed by atoms with Crippen molar-refractivity contribution in [1.29, 1.82) is 0 Å². The van der Waals surface area contributed by atoms with Crippen LogP contribution in [0, 0.1) is 0 Å². The minimum absolute atomic E-state index is 0.557. The Kier molecular flexibility index (Phi) is 4.93. The highest BCUT2D eigenvalue weighted by molar-refractivity contribution is 6.25. The van der Waals surface area contributed by atoms with Gasteiger partial charge in [-0.25, -0.2) is 4.98 Å². The van der Waals surface area contributed by atoms with Gasteiger partial charge < -0.3 is 13.4 Å². The summed E-state index contributed by atoms with van der Waals surface area (Å²) in [5.41, 5.74) is 8.97. The van der Waals surface area contributed by atoms with Crippen LogP contribution in [0.25, 0.3) is 94.1 Å². The number of rotatable bonds is 3. The van der Waals surface area contributed by atoms with Gasteiger partial charge in [-0.15, -0.1) is 0 Å². The van der Waals surface area contributed by atoms with Gasteiger partial charge in [-0.05, 0) is 42.5 Å². The van der Waals surface area contributed by atoms with Gasteiger partial charge in [0, 0.05) is 38.4 Å². The summed E-state index contributed by atoms with van der Waals surface area (Å²) in [4.78, 5) is 10.1. The maximum absolute atomic E-state index is 6.99. The molecular weight excluding hydrogens is 554 g/mol. The second-order valence-electron chi connectivity index (χ2n) is 11.3. The molecule has 0 N–H and O–H groups in total. The van der Waals surface area contributed by atoms with E-state index in [0.717, 1.165) is 82.6 Å². The van der Waals surface area contributed by atoms with Gasteiger partial charge in [0.05, 0.1) is 27.5 Å². The van der Waals surface area contributed by atoms with Gasteiger partial charge in [0.1, 0.15) is 16.7 Å². The molecular formula is C40H23N3O2. The summed E-state index contributed by atoms with van der Waals surface area (Å²) in [6.07, 6.45) is 0. The number of aromatic nitrogens is 3. The Balaban J connectivity index is 1.33. The average molecular weight is 578 g/mol. The van der Waals surface area contributed by atoms with Crippen LogP contribution in [0.1, 0.15) is 0 Å². The molecule has 0 amide bonds. The third-order valence-corrected chi connectivity index (χ3v) is 8.84. The van der Waals surface area contributed by atoms with Crippen molar-refractivity contribution in [1.82, 2.24) is 14.5 Å². The molecule has 0 spiro atoms. The highest BCUT2D eigenvalue weighted by Gasteiger charge is 2.23. The Morgan fingerprint density at radius 2 is 1.18 bits per heavy atom. The van der Waals surface area contributed by atoms with Crippen LogP contribution in [0.2, 0.25) is 0 Å². The maximum Gasteiger partial charge on any atom is 0.231 e. The number of fused-ring (bicyclic) bond motifs is 10. The van der Waals surface area contributed by atoms with Crippen molar-refractivity contribution in [3.63, 3.8) is 0 Å². The zero-order valence-electron chi connectivity index (χ0n) is 23.9. The normalized spacial score (nSPS) is 12.0. The Morgan fingerprint density at radius 1 is 0.467 bits per heavy atom. The molecule has 0 aliphatic carbocycles. The van der Waals surface area contributed by atoms with Gasteiger partial charge in [0.25, 0.3) is 0 Å². The van der Waals surface area contributed by atoms with E-state index in [2.05, 4.69) is 89.5 Å². The predicted octanol–water partition coefficient (Wildman–Crippen LogP) is 10.7. The first-order valence-electron chi connectivity index (χ1n) is 15.0. The first kappa shape index (κ1) is 24.3. The highest BCUT2D eigenvalue weighted by Crippen LogP contribution is 2.44. The van der Waals surface area contributed by atoms with Crippen molar-refractivity contribution in [2.24, 2.45) is 0 Å². The van der Waals surface area contributed by atoms with Gasteiger partial charge >= 0.3 is 0 Å². The van der Waals surface area contributed by atoms with E-state index in [-0.39, 0.29) is 0 Å². The minimum atomic E-state index is 0.557. The van der Waals surface area contributed by atoms with Crippen molar-refractivity contribution in [2.75, 3.05) is 0 Å². The first-order chi connectivity index (χ1) is 22.3. The summed E-state index contributed by atoms with van der Waals surface area (Å²) in [7, 11) is 0. The molecule has 4 aromatic heterocycles. The van der Waals surface area contributed by atoms with Crippen LogP contribution in [-0.4, -0.2) is 14.5 Å². The molecule has 0 fully saturated rings. The quantitative estimate of drug-likeness (QED) is 0.210. The number of furan rings is 2.